The Balaban J connectivity index is 1.91. The maximum Gasteiger partial charge on any atom is 0.220 e. The van der Waals surface area contributed by atoms with Gasteiger partial charge in [0, 0.05) is 6.42 Å². The molecule has 0 radical (unpaired) electrons. The molecule has 1 amide bonds. The first kappa shape index (κ1) is 57.6. The van der Waals surface area contributed by atoms with E-state index in [1.165, 1.54) is 51.4 Å². The van der Waals surface area contributed by atoms with Gasteiger partial charge in [-0.05, 0) is 57.8 Å². The largest absolute Gasteiger partial charge is 0.394 e. The molecule has 2 saturated heterocycles. The van der Waals surface area contributed by atoms with Crippen molar-refractivity contribution in [2.45, 2.75) is 216 Å². The van der Waals surface area contributed by atoms with E-state index >= 15 is 0 Å². The minimum atomic E-state index is -1.80. The molecule has 2 aliphatic heterocycles. The summed E-state index contributed by atoms with van der Waals surface area (Å²) >= 11 is 0. The van der Waals surface area contributed by atoms with Gasteiger partial charge in [0.2, 0.25) is 5.91 Å². The van der Waals surface area contributed by atoms with Crippen LogP contribution < -0.4 is 5.32 Å². The minimum absolute atomic E-state index is 0.199. The zero-order valence-corrected chi connectivity index (χ0v) is 38.7. The van der Waals surface area contributed by atoms with Crippen LogP contribution in [0.3, 0.4) is 0 Å². The molecule has 9 N–H and O–H groups in total. The van der Waals surface area contributed by atoms with Crippen molar-refractivity contribution >= 4 is 5.91 Å². The molecule has 12 atom stereocenters. The average Bonchev–Trinajstić information content (AvgIpc) is 3.29. The third kappa shape index (κ3) is 23.7. The highest BCUT2D eigenvalue weighted by molar-refractivity contribution is 5.76. The zero-order chi connectivity index (χ0) is 46.8. The van der Waals surface area contributed by atoms with Gasteiger partial charge in [-0.25, -0.2) is 0 Å². The van der Waals surface area contributed by atoms with Crippen molar-refractivity contribution in [3.8, 4) is 0 Å². The van der Waals surface area contributed by atoms with Crippen LogP contribution in [0.5, 0.6) is 0 Å². The summed E-state index contributed by atoms with van der Waals surface area (Å²) in [6, 6.07) is -0.946. The Bertz CT molecular complexity index is 1350. The molecule has 14 nitrogen and oxygen atoms in total. The maximum atomic E-state index is 13.1. The van der Waals surface area contributed by atoms with E-state index in [-0.39, 0.29) is 18.9 Å². The van der Waals surface area contributed by atoms with Gasteiger partial charge in [0.15, 0.2) is 12.6 Å². The maximum absolute atomic E-state index is 13.1. The lowest BCUT2D eigenvalue weighted by atomic mass is 9.97. The summed E-state index contributed by atoms with van der Waals surface area (Å²) in [5.74, 6) is -0.301. The van der Waals surface area contributed by atoms with Crippen molar-refractivity contribution in [1.29, 1.82) is 0 Å². The number of allylic oxidation sites excluding steroid dienone is 11. The first-order chi connectivity index (χ1) is 31.1. The number of hydrogen-bond donors (Lipinski definition) is 9. The molecule has 2 fully saturated rings. The SMILES string of the molecule is CC/C=C\C/C=C\C/C=C\C/C=C\C/C=C\CCCC(=O)NC(COC1OC(CO)C(OC2OC(CO)C(O)C(O)C2O)C(O)C1O)C(O)/C=C/CCCCCCCCCCCCC. The summed E-state index contributed by atoms with van der Waals surface area (Å²) in [5.41, 5.74) is 0. The first-order valence-electron chi connectivity index (χ1n) is 24.2. The monoisotopic (exact) mass is 908 g/mol. The third-order valence-corrected chi connectivity index (χ3v) is 11.4. The fourth-order valence-corrected chi connectivity index (χ4v) is 7.44. The number of carbonyl (C=O) groups is 1. The fraction of sp³-hybridized carbons (Fsp3) is 0.740. The van der Waals surface area contributed by atoms with Crippen LogP contribution in [-0.2, 0) is 23.7 Å². The topological polar surface area (TPSA) is 228 Å². The molecule has 0 aromatic carbocycles. The van der Waals surface area contributed by atoms with E-state index in [1.807, 2.05) is 12.2 Å². The molecule has 2 aliphatic rings. The number of rotatable bonds is 35. The molecule has 0 aromatic rings. The minimum Gasteiger partial charge on any atom is -0.394 e. The summed E-state index contributed by atoms with van der Waals surface area (Å²) < 4.78 is 22.6. The van der Waals surface area contributed by atoms with Crippen molar-refractivity contribution in [3.05, 3.63) is 72.9 Å². The van der Waals surface area contributed by atoms with Crippen LogP contribution in [-0.4, -0.2) is 140 Å². The predicted octanol–water partition coefficient (Wildman–Crippen LogP) is 5.65. The number of hydrogen-bond acceptors (Lipinski definition) is 13. The summed E-state index contributed by atoms with van der Waals surface area (Å²) in [6.07, 6.45) is 28.0. The molecule has 12 unspecified atom stereocenters. The van der Waals surface area contributed by atoms with Crippen molar-refractivity contribution in [1.82, 2.24) is 5.32 Å². The number of aliphatic hydroxyl groups is 8. The van der Waals surface area contributed by atoms with Crippen LogP contribution >= 0.6 is 0 Å². The molecule has 2 rings (SSSR count). The van der Waals surface area contributed by atoms with Crippen molar-refractivity contribution in [2.24, 2.45) is 0 Å². The Morgan fingerprint density at radius 2 is 1.08 bits per heavy atom. The summed E-state index contributed by atoms with van der Waals surface area (Å²) in [4.78, 5) is 13.1. The van der Waals surface area contributed by atoms with Gasteiger partial charge in [-0.2, -0.15) is 0 Å². The van der Waals surface area contributed by atoms with Gasteiger partial charge in [0.05, 0.1) is 32.0 Å². The third-order valence-electron chi connectivity index (χ3n) is 11.4. The smallest absolute Gasteiger partial charge is 0.220 e. The van der Waals surface area contributed by atoms with E-state index in [2.05, 4.69) is 73.8 Å². The number of ether oxygens (including phenoxy) is 4. The van der Waals surface area contributed by atoms with E-state index in [0.717, 1.165) is 57.8 Å². The van der Waals surface area contributed by atoms with Gasteiger partial charge < -0.3 is 65.1 Å². The number of unbranched alkanes of at least 4 members (excludes halogenated alkanes) is 12. The second-order valence-electron chi connectivity index (χ2n) is 16.9. The molecule has 0 saturated carbocycles. The van der Waals surface area contributed by atoms with Gasteiger partial charge >= 0.3 is 0 Å². The summed E-state index contributed by atoms with van der Waals surface area (Å²) in [5, 5.41) is 86.5. The number of aliphatic hydroxyl groups excluding tert-OH is 8. The normalized spacial score (nSPS) is 27.9. The first-order valence-corrected chi connectivity index (χ1v) is 24.2. The number of amides is 1. The standard InChI is InChI=1S/C50H85NO13/c1-3-5-7-9-11-13-15-17-18-19-20-22-24-26-28-30-32-34-42(55)51-38(39(54)33-31-29-27-25-23-21-16-14-12-10-8-6-4-2)37-61-49-47(60)45(58)48(41(36-53)63-49)64-50-46(59)44(57)43(56)40(35-52)62-50/h5,7,11,13,17-18,20,22,26,28,31,33,38-41,43-50,52-54,56-60H,3-4,6,8-10,12,14-16,19,21,23-25,27,29-30,32,34-37H2,1-2H3,(H,51,55)/b7-5-,13-11-,18-17-,22-20-,28-26-,33-31+. The molecule has 64 heavy (non-hydrogen) atoms. The van der Waals surface area contributed by atoms with Crippen LogP contribution in [0.15, 0.2) is 72.9 Å². The second-order valence-corrected chi connectivity index (χ2v) is 16.9. The average molecular weight is 908 g/mol. The van der Waals surface area contributed by atoms with E-state index in [4.69, 9.17) is 18.9 Å². The zero-order valence-electron chi connectivity index (χ0n) is 38.7. The van der Waals surface area contributed by atoms with Crippen molar-refractivity contribution in [3.63, 3.8) is 0 Å². The molecule has 0 bridgehead atoms. The highest BCUT2D eigenvalue weighted by atomic mass is 16.7. The Kier molecular flexibility index (Phi) is 32.9. The summed E-state index contributed by atoms with van der Waals surface area (Å²) in [6.45, 7) is 2.59. The molecule has 0 aromatic heterocycles. The van der Waals surface area contributed by atoms with Gasteiger partial charge in [0.1, 0.15) is 48.8 Å². The number of nitrogens with one attached hydrogen (secondary N) is 1. The van der Waals surface area contributed by atoms with E-state index in [9.17, 15) is 45.6 Å². The Morgan fingerprint density at radius 1 is 0.578 bits per heavy atom. The molecule has 0 spiro atoms. The number of carbonyl (C=O) groups excluding carboxylic acids is 1. The highest BCUT2D eigenvalue weighted by Gasteiger charge is 2.51. The predicted molar refractivity (Wildman–Crippen MR) is 249 cm³/mol. The summed E-state index contributed by atoms with van der Waals surface area (Å²) in [7, 11) is 0. The van der Waals surface area contributed by atoms with Crippen LogP contribution in [0.25, 0.3) is 0 Å². The lowest BCUT2D eigenvalue weighted by Gasteiger charge is -2.46. The van der Waals surface area contributed by atoms with Gasteiger partial charge in [-0.3, -0.25) is 4.79 Å². The Labute approximate surface area is 383 Å². The quantitative estimate of drug-likeness (QED) is 0.0277. The molecular weight excluding hydrogens is 823 g/mol. The van der Waals surface area contributed by atoms with E-state index in [0.29, 0.717) is 12.8 Å². The van der Waals surface area contributed by atoms with E-state index in [1.54, 1.807) is 6.08 Å². The second kappa shape index (κ2) is 36.5. The van der Waals surface area contributed by atoms with Crippen LogP contribution in [0.1, 0.15) is 142 Å². The highest BCUT2D eigenvalue weighted by Crippen LogP contribution is 2.30. The van der Waals surface area contributed by atoms with Gasteiger partial charge in [-0.1, -0.05) is 151 Å². The van der Waals surface area contributed by atoms with Crippen LogP contribution in [0, 0.1) is 0 Å². The van der Waals surface area contributed by atoms with Gasteiger partial charge in [0.25, 0.3) is 0 Å². The molecular formula is C50H85NO13. The molecule has 2 heterocycles. The van der Waals surface area contributed by atoms with E-state index < -0.39 is 86.8 Å². The Hall–Kier alpha value is -2.57. The lowest BCUT2D eigenvalue weighted by Crippen LogP contribution is -2.65. The molecule has 0 aliphatic carbocycles. The van der Waals surface area contributed by atoms with Crippen LogP contribution in [0.4, 0.5) is 0 Å². The van der Waals surface area contributed by atoms with Crippen molar-refractivity contribution in [2.75, 3.05) is 19.8 Å². The Morgan fingerprint density at radius 3 is 1.64 bits per heavy atom. The van der Waals surface area contributed by atoms with Crippen molar-refractivity contribution < 1.29 is 64.6 Å². The lowest BCUT2D eigenvalue weighted by molar-refractivity contribution is -0.359. The van der Waals surface area contributed by atoms with Crippen LogP contribution in [0.2, 0.25) is 0 Å². The molecule has 14 heteroatoms. The fourth-order valence-electron chi connectivity index (χ4n) is 7.44. The van der Waals surface area contributed by atoms with Gasteiger partial charge in [-0.15, -0.1) is 0 Å². The molecule has 368 valence electrons.